The second kappa shape index (κ2) is 8.30. The van der Waals surface area contributed by atoms with Crippen LogP contribution >= 0.6 is 0 Å². The van der Waals surface area contributed by atoms with Crippen LogP contribution in [0.25, 0.3) is 0 Å². The fourth-order valence-corrected chi connectivity index (χ4v) is 3.09. The van der Waals surface area contributed by atoms with Crippen molar-refractivity contribution in [3.63, 3.8) is 0 Å². The number of nitrogens with zero attached hydrogens (tertiary/aromatic N) is 1. The molecule has 25 heavy (non-hydrogen) atoms. The zero-order chi connectivity index (χ0) is 18.6. The van der Waals surface area contributed by atoms with Crippen LogP contribution < -0.4 is 5.32 Å². The Balaban J connectivity index is 2.30. The van der Waals surface area contributed by atoms with Gasteiger partial charge in [-0.3, -0.25) is 0 Å². The van der Waals surface area contributed by atoms with E-state index in [0.717, 1.165) is 24.2 Å². The summed E-state index contributed by atoms with van der Waals surface area (Å²) in [6, 6.07) is 6.60. The van der Waals surface area contributed by atoms with Gasteiger partial charge in [0.25, 0.3) is 0 Å². The van der Waals surface area contributed by atoms with Gasteiger partial charge < -0.3 is 15.0 Å². The second-order valence-electron chi connectivity index (χ2n) is 6.87. The number of hydrogen-bond acceptors (Lipinski definition) is 2. The van der Waals surface area contributed by atoms with E-state index < -0.39 is 5.97 Å². The third kappa shape index (κ3) is 4.48. The molecule has 0 bridgehead atoms. The van der Waals surface area contributed by atoms with Crippen molar-refractivity contribution in [2.75, 3.05) is 6.54 Å². The topological polar surface area (TPSA) is 54.3 Å². The highest BCUT2D eigenvalue weighted by Crippen LogP contribution is 2.24. The van der Waals surface area contributed by atoms with Gasteiger partial charge in [-0.15, -0.1) is 0 Å². The number of carbonyl (C=O) groups is 1. The molecule has 5 heteroatoms. The number of aromatic carboxylic acids is 1. The smallest absolute Gasteiger partial charge is 0.337 e. The lowest BCUT2D eigenvalue weighted by Crippen LogP contribution is -2.18. The maximum atomic E-state index is 14.0. The van der Waals surface area contributed by atoms with Gasteiger partial charge in [-0.25, -0.2) is 9.18 Å². The SMILES string of the molecule is Cc1c(CNCCC(C)C)c(C(=O)O)c(C)n1Cc1ccccc1F. The maximum absolute atomic E-state index is 14.0. The number of hydrogen-bond donors (Lipinski definition) is 2. The molecule has 1 heterocycles. The number of benzene rings is 1. The number of aromatic nitrogens is 1. The van der Waals surface area contributed by atoms with E-state index in [2.05, 4.69) is 19.2 Å². The quantitative estimate of drug-likeness (QED) is 0.707. The van der Waals surface area contributed by atoms with Crippen LogP contribution in [0.2, 0.25) is 0 Å². The minimum atomic E-state index is -0.937. The lowest BCUT2D eigenvalue weighted by molar-refractivity contribution is 0.0694. The molecule has 2 aromatic rings. The first kappa shape index (κ1) is 19.2. The molecule has 2 N–H and O–H groups in total. The zero-order valence-corrected chi connectivity index (χ0v) is 15.4. The normalized spacial score (nSPS) is 11.3. The first-order valence-electron chi connectivity index (χ1n) is 8.68. The molecule has 0 aliphatic carbocycles. The summed E-state index contributed by atoms with van der Waals surface area (Å²) in [5, 5.41) is 13.0. The van der Waals surface area contributed by atoms with Crippen molar-refractivity contribution in [2.45, 2.75) is 47.2 Å². The lowest BCUT2D eigenvalue weighted by atomic mass is 10.1. The summed E-state index contributed by atoms with van der Waals surface area (Å²) in [5.41, 5.74) is 3.19. The molecule has 0 aliphatic rings. The number of halogens is 1. The van der Waals surface area contributed by atoms with Crippen molar-refractivity contribution in [3.8, 4) is 0 Å². The Bertz CT molecular complexity index is 750. The number of nitrogens with one attached hydrogen (secondary N) is 1. The Morgan fingerprint density at radius 2 is 1.92 bits per heavy atom. The summed E-state index contributed by atoms with van der Waals surface area (Å²) in [6.07, 6.45) is 1.04. The molecule has 0 fully saturated rings. The molecule has 0 amide bonds. The molecule has 0 saturated heterocycles. The van der Waals surface area contributed by atoms with Crippen molar-refractivity contribution in [1.82, 2.24) is 9.88 Å². The Morgan fingerprint density at radius 3 is 2.52 bits per heavy atom. The molecule has 1 aromatic heterocycles. The van der Waals surface area contributed by atoms with Gasteiger partial charge in [0.05, 0.1) is 12.1 Å². The van der Waals surface area contributed by atoms with Gasteiger partial charge in [0.1, 0.15) is 5.82 Å². The summed E-state index contributed by atoms with van der Waals surface area (Å²) in [7, 11) is 0. The molecule has 0 aliphatic heterocycles. The molecule has 0 saturated carbocycles. The van der Waals surface area contributed by atoms with Gasteiger partial charge in [-0.1, -0.05) is 32.0 Å². The van der Waals surface area contributed by atoms with Crippen molar-refractivity contribution in [2.24, 2.45) is 5.92 Å². The van der Waals surface area contributed by atoms with Crippen LogP contribution in [0.1, 0.15) is 53.1 Å². The van der Waals surface area contributed by atoms with Crippen LogP contribution in [0.3, 0.4) is 0 Å². The third-order valence-corrected chi connectivity index (χ3v) is 4.61. The Morgan fingerprint density at radius 1 is 1.24 bits per heavy atom. The Hall–Kier alpha value is -2.14. The second-order valence-corrected chi connectivity index (χ2v) is 6.87. The predicted molar refractivity (Wildman–Crippen MR) is 97.5 cm³/mol. The number of rotatable bonds is 8. The fourth-order valence-electron chi connectivity index (χ4n) is 3.09. The molecule has 0 unspecified atom stereocenters. The van der Waals surface area contributed by atoms with E-state index in [1.165, 1.54) is 6.07 Å². The van der Waals surface area contributed by atoms with Gasteiger partial charge in [0.15, 0.2) is 0 Å². The summed E-state index contributed by atoms with van der Waals surface area (Å²) >= 11 is 0. The summed E-state index contributed by atoms with van der Waals surface area (Å²) in [4.78, 5) is 11.8. The largest absolute Gasteiger partial charge is 0.478 e. The fraction of sp³-hybridized carbons (Fsp3) is 0.450. The third-order valence-electron chi connectivity index (χ3n) is 4.61. The first-order valence-corrected chi connectivity index (χ1v) is 8.68. The Labute approximate surface area is 148 Å². The van der Waals surface area contributed by atoms with Gasteiger partial charge in [-0.05, 0) is 38.8 Å². The van der Waals surface area contributed by atoms with Gasteiger partial charge in [0.2, 0.25) is 0 Å². The highest BCUT2D eigenvalue weighted by molar-refractivity contribution is 5.91. The van der Waals surface area contributed by atoms with Crippen molar-refractivity contribution in [1.29, 1.82) is 0 Å². The van der Waals surface area contributed by atoms with E-state index >= 15 is 0 Å². The minimum absolute atomic E-state index is 0.275. The van der Waals surface area contributed by atoms with Crippen LogP contribution in [-0.2, 0) is 13.1 Å². The van der Waals surface area contributed by atoms with E-state index in [-0.39, 0.29) is 5.82 Å². The summed E-state index contributed by atoms with van der Waals surface area (Å²) < 4.78 is 15.9. The molecule has 0 radical (unpaired) electrons. The van der Waals surface area contributed by atoms with Crippen molar-refractivity contribution >= 4 is 5.97 Å². The highest BCUT2D eigenvalue weighted by Gasteiger charge is 2.22. The zero-order valence-electron chi connectivity index (χ0n) is 15.4. The molecule has 1 aromatic carbocycles. The highest BCUT2D eigenvalue weighted by atomic mass is 19.1. The maximum Gasteiger partial charge on any atom is 0.337 e. The van der Waals surface area contributed by atoms with Crippen LogP contribution in [0, 0.1) is 25.6 Å². The Kier molecular flexibility index (Phi) is 6.37. The van der Waals surface area contributed by atoms with Gasteiger partial charge >= 0.3 is 5.97 Å². The number of carboxylic acid groups (broad SMARTS) is 1. The first-order chi connectivity index (χ1) is 11.8. The summed E-state index contributed by atoms with van der Waals surface area (Å²) in [6.45, 7) is 9.68. The van der Waals surface area contributed by atoms with Crippen LogP contribution in [-0.4, -0.2) is 22.2 Å². The van der Waals surface area contributed by atoms with Crippen molar-refractivity contribution < 1.29 is 14.3 Å². The number of carboxylic acids is 1. The van der Waals surface area contributed by atoms with E-state index in [4.69, 9.17) is 0 Å². The average molecular weight is 346 g/mol. The van der Waals surface area contributed by atoms with Crippen LogP contribution in [0.5, 0.6) is 0 Å². The predicted octanol–water partition coefficient (Wildman–Crippen LogP) is 4.13. The average Bonchev–Trinajstić information content (AvgIpc) is 2.77. The minimum Gasteiger partial charge on any atom is -0.478 e. The van der Waals surface area contributed by atoms with E-state index in [0.29, 0.717) is 35.8 Å². The lowest BCUT2D eigenvalue weighted by Gasteiger charge is -2.11. The van der Waals surface area contributed by atoms with E-state index in [1.54, 1.807) is 25.1 Å². The van der Waals surface area contributed by atoms with Gasteiger partial charge in [0, 0.05) is 29.1 Å². The van der Waals surface area contributed by atoms with Gasteiger partial charge in [-0.2, -0.15) is 0 Å². The van der Waals surface area contributed by atoms with Crippen molar-refractivity contribution in [3.05, 3.63) is 58.2 Å². The molecule has 0 spiro atoms. The summed E-state index contributed by atoms with van der Waals surface area (Å²) in [5.74, 6) is -0.614. The molecular formula is C20H27FN2O2. The molecule has 136 valence electrons. The molecular weight excluding hydrogens is 319 g/mol. The molecule has 0 atom stereocenters. The molecule has 2 rings (SSSR count). The molecule has 4 nitrogen and oxygen atoms in total. The van der Waals surface area contributed by atoms with Crippen LogP contribution in [0.4, 0.5) is 4.39 Å². The van der Waals surface area contributed by atoms with E-state index in [1.807, 2.05) is 11.5 Å². The monoisotopic (exact) mass is 346 g/mol. The van der Waals surface area contributed by atoms with E-state index in [9.17, 15) is 14.3 Å². The van der Waals surface area contributed by atoms with Crippen LogP contribution in [0.15, 0.2) is 24.3 Å². The standard InChI is InChI=1S/C20H27FN2O2/c1-13(2)9-10-22-11-17-14(3)23(15(4)19(17)20(24)25)12-16-7-5-6-8-18(16)21/h5-8,13,22H,9-12H2,1-4H3,(H,24,25).